The summed E-state index contributed by atoms with van der Waals surface area (Å²) in [6, 6.07) is 0. The van der Waals surface area contributed by atoms with E-state index in [1.807, 2.05) is 6.08 Å². The number of rotatable bonds is 15. The number of hydrogen-bond acceptors (Lipinski definition) is 5. The van der Waals surface area contributed by atoms with Gasteiger partial charge in [0.2, 0.25) is 0 Å². The predicted molar refractivity (Wildman–Crippen MR) is 104 cm³/mol. The smallest absolute Gasteiger partial charge is 0.120 e. The number of aliphatic hydroxyl groups excluding tert-OH is 3. The van der Waals surface area contributed by atoms with Gasteiger partial charge in [0.25, 0.3) is 0 Å². The molecule has 154 valence electrons. The molecule has 1 saturated heterocycles. The van der Waals surface area contributed by atoms with Gasteiger partial charge < -0.3 is 24.8 Å². The first-order valence-corrected chi connectivity index (χ1v) is 10.6. The highest BCUT2D eigenvalue weighted by Gasteiger charge is 2.37. The first-order chi connectivity index (χ1) is 12.7. The van der Waals surface area contributed by atoms with Crippen LogP contribution in [0.25, 0.3) is 0 Å². The van der Waals surface area contributed by atoms with E-state index in [9.17, 15) is 15.3 Å². The Kier molecular flexibility index (Phi) is 13.9. The molecule has 1 aliphatic heterocycles. The number of unbranched alkanes of at least 4 members (excludes halogenated alkanes) is 11. The molecule has 1 fully saturated rings. The van der Waals surface area contributed by atoms with Crippen molar-refractivity contribution in [2.45, 2.75) is 108 Å². The minimum absolute atomic E-state index is 0.0225. The van der Waals surface area contributed by atoms with Gasteiger partial charge in [0.1, 0.15) is 31.0 Å². The van der Waals surface area contributed by atoms with Crippen LogP contribution in [0.1, 0.15) is 84.0 Å². The van der Waals surface area contributed by atoms with E-state index in [4.69, 9.17) is 9.47 Å². The van der Waals surface area contributed by atoms with Gasteiger partial charge in [-0.2, -0.15) is 0 Å². The van der Waals surface area contributed by atoms with Gasteiger partial charge in [-0.05, 0) is 18.9 Å². The fourth-order valence-corrected chi connectivity index (χ4v) is 3.23. The highest BCUT2D eigenvalue weighted by molar-refractivity contribution is 4.87. The van der Waals surface area contributed by atoms with Crippen molar-refractivity contribution in [2.75, 3.05) is 13.2 Å². The van der Waals surface area contributed by atoms with Gasteiger partial charge in [-0.15, -0.1) is 0 Å². The summed E-state index contributed by atoms with van der Waals surface area (Å²) in [6.07, 6.45) is 15.5. The summed E-state index contributed by atoms with van der Waals surface area (Å²) in [6.45, 7) is 2.46. The van der Waals surface area contributed by atoms with Crippen LogP contribution in [0.2, 0.25) is 0 Å². The summed E-state index contributed by atoms with van der Waals surface area (Å²) in [7, 11) is 0. The van der Waals surface area contributed by atoms with Crippen molar-refractivity contribution in [2.24, 2.45) is 0 Å². The SMILES string of the molecule is CCCCCCCCCCCCC/C=C/OC[C@H]1OC[C@H](O)[C@@H](O)[C@@H]1O. The molecular formula is C21H40O5. The molecule has 0 bridgehead atoms. The Labute approximate surface area is 159 Å². The highest BCUT2D eigenvalue weighted by Crippen LogP contribution is 2.16. The van der Waals surface area contributed by atoms with Gasteiger partial charge in [-0.1, -0.05) is 71.1 Å². The van der Waals surface area contributed by atoms with E-state index in [0.29, 0.717) is 0 Å². The molecule has 0 spiro atoms. The first-order valence-electron chi connectivity index (χ1n) is 10.6. The summed E-state index contributed by atoms with van der Waals surface area (Å²) in [5.41, 5.74) is 0. The fraction of sp³-hybridized carbons (Fsp3) is 0.905. The van der Waals surface area contributed by atoms with Crippen LogP contribution in [0.3, 0.4) is 0 Å². The van der Waals surface area contributed by atoms with E-state index in [-0.39, 0.29) is 13.2 Å². The van der Waals surface area contributed by atoms with Gasteiger partial charge >= 0.3 is 0 Å². The number of ether oxygens (including phenoxy) is 2. The van der Waals surface area contributed by atoms with E-state index in [1.165, 1.54) is 70.6 Å². The molecule has 3 N–H and O–H groups in total. The molecule has 0 saturated carbocycles. The quantitative estimate of drug-likeness (QED) is 0.302. The van der Waals surface area contributed by atoms with Crippen molar-refractivity contribution in [1.82, 2.24) is 0 Å². The molecule has 5 heteroatoms. The van der Waals surface area contributed by atoms with E-state index in [2.05, 4.69) is 6.92 Å². The molecule has 1 heterocycles. The molecule has 0 unspecified atom stereocenters. The molecule has 0 aliphatic carbocycles. The van der Waals surface area contributed by atoms with Gasteiger partial charge in [0.05, 0.1) is 12.9 Å². The van der Waals surface area contributed by atoms with Crippen molar-refractivity contribution < 1.29 is 24.8 Å². The summed E-state index contributed by atoms with van der Waals surface area (Å²) in [4.78, 5) is 0. The molecule has 0 radical (unpaired) electrons. The minimum Gasteiger partial charge on any atom is -0.499 e. The molecule has 5 nitrogen and oxygen atoms in total. The van der Waals surface area contributed by atoms with Crippen LogP contribution >= 0.6 is 0 Å². The Morgan fingerprint density at radius 1 is 0.846 bits per heavy atom. The van der Waals surface area contributed by atoms with Gasteiger partial charge in [0.15, 0.2) is 0 Å². The van der Waals surface area contributed by atoms with Gasteiger partial charge in [-0.3, -0.25) is 0 Å². The second-order valence-corrected chi connectivity index (χ2v) is 7.45. The van der Waals surface area contributed by atoms with Crippen molar-refractivity contribution in [3.8, 4) is 0 Å². The van der Waals surface area contributed by atoms with Crippen LogP contribution in [0, 0.1) is 0 Å². The minimum atomic E-state index is -1.17. The number of hydrogen-bond donors (Lipinski definition) is 3. The van der Waals surface area contributed by atoms with Crippen molar-refractivity contribution in [3.63, 3.8) is 0 Å². The Hall–Kier alpha value is -0.620. The van der Waals surface area contributed by atoms with Crippen LogP contribution in [-0.2, 0) is 9.47 Å². The molecule has 1 aliphatic rings. The number of allylic oxidation sites excluding steroid dienone is 1. The summed E-state index contributed by atoms with van der Waals surface area (Å²) in [5.74, 6) is 0. The largest absolute Gasteiger partial charge is 0.499 e. The van der Waals surface area contributed by atoms with Crippen molar-refractivity contribution >= 4 is 0 Å². The third kappa shape index (κ3) is 10.5. The van der Waals surface area contributed by atoms with E-state index in [1.54, 1.807) is 6.26 Å². The third-order valence-corrected chi connectivity index (χ3v) is 5.03. The summed E-state index contributed by atoms with van der Waals surface area (Å²) in [5, 5.41) is 28.8. The molecular weight excluding hydrogens is 332 g/mol. The summed E-state index contributed by atoms with van der Waals surface area (Å²) < 4.78 is 10.6. The monoisotopic (exact) mass is 372 g/mol. The maximum atomic E-state index is 9.78. The zero-order valence-corrected chi connectivity index (χ0v) is 16.5. The van der Waals surface area contributed by atoms with Crippen LogP contribution in [0.15, 0.2) is 12.3 Å². The molecule has 0 aromatic carbocycles. The second kappa shape index (κ2) is 15.4. The lowest BCUT2D eigenvalue weighted by Gasteiger charge is -2.34. The first kappa shape index (κ1) is 23.4. The third-order valence-electron chi connectivity index (χ3n) is 5.03. The summed E-state index contributed by atoms with van der Waals surface area (Å²) >= 11 is 0. The van der Waals surface area contributed by atoms with Crippen molar-refractivity contribution in [1.29, 1.82) is 0 Å². The van der Waals surface area contributed by atoms with E-state index >= 15 is 0 Å². The van der Waals surface area contributed by atoms with E-state index in [0.717, 1.165) is 6.42 Å². The molecule has 26 heavy (non-hydrogen) atoms. The van der Waals surface area contributed by atoms with Crippen LogP contribution in [-0.4, -0.2) is 52.9 Å². The average molecular weight is 373 g/mol. The van der Waals surface area contributed by atoms with Gasteiger partial charge in [0, 0.05) is 0 Å². The molecule has 0 aromatic rings. The average Bonchev–Trinajstić information content (AvgIpc) is 2.64. The maximum absolute atomic E-state index is 9.78. The normalized spacial score (nSPS) is 26.5. The fourth-order valence-electron chi connectivity index (χ4n) is 3.23. The Morgan fingerprint density at radius 3 is 2.04 bits per heavy atom. The lowest BCUT2D eigenvalue weighted by molar-refractivity contribution is -0.195. The predicted octanol–water partition coefficient (Wildman–Crippen LogP) is 3.70. The highest BCUT2D eigenvalue weighted by atomic mass is 16.6. The maximum Gasteiger partial charge on any atom is 0.120 e. The second-order valence-electron chi connectivity index (χ2n) is 7.45. The Morgan fingerprint density at radius 2 is 1.42 bits per heavy atom. The zero-order chi connectivity index (χ0) is 19.0. The lowest BCUT2D eigenvalue weighted by Crippen LogP contribution is -2.54. The standard InChI is InChI=1S/C21H40O5/c1-2-3-4-5-6-7-8-9-10-11-12-13-14-15-25-17-19-21(24)20(23)18(22)16-26-19/h14-15,18-24H,2-13,16-17H2,1H3/b15-14+/t18-,19+,20+,21+/m0/s1. The van der Waals surface area contributed by atoms with Crippen LogP contribution < -0.4 is 0 Å². The lowest BCUT2D eigenvalue weighted by atomic mass is 10.0. The van der Waals surface area contributed by atoms with E-state index < -0.39 is 24.4 Å². The topological polar surface area (TPSA) is 79.2 Å². The number of aliphatic hydroxyl groups is 3. The van der Waals surface area contributed by atoms with Crippen molar-refractivity contribution in [3.05, 3.63) is 12.3 Å². The Balaban J connectivity index is 1.86. The molecule has 1 rings (SSSR count). The molecule has 0 amide bonds. The van der Waals surface area contributed by atoms with Crippen LogP contribution in [0.5, 0.6) is 0 Å². The molecule has 4 atom stereocenters. The van der Waals surface area contributed by atoms with Crippen LogP contribution in [0.4, 0.5) is 0 Å². The van der Waals surface area contributed by atoms with Gasteiger partial charge in [-0.25, -0.2) is 0 Å². The molecule has 0 aromatic heterocycles. The Bertz CT molecular complexity index is 347. The zero-order valence-electron chi connectivity index (χ0n) is 16.5.